The molecule has 1 N–H and O–H groups in total. The average molecular weight is 298 g/mol. The van der Waals surface area contributed by atoms with E-state index in [1.807, 2.05) is 10.8 Å². The van der Waals surface area contributed by atoms with Crippen LogP contribution in [0, 0.1) is 0 Å². The fourth-order valence-electron chi connectivity index (χ4n) is 1.55. The van der Waals surface area contributed by atoms with Crippen molar-refractivity contribution in [2.45, 2.75) is 19.9 Å². The lowest BCUT2D eigenvalue weighted by Crippen LogP contribution is -2.16. The number of hydrogen-bond acceptors (Lipinski definition) is 3. The molecule has 0 saturated heterocycles. The minimum absolute atomic E-state index is 0.174. The third kappa shape index (κ3) is 2.76. The van der Waals surface area contributed by atoms with Crippen LogP contribution in [-0.2, 0) is 6.54 Å². The summed E-state index contributed by atoms with van der Waals surface area (Å²) in [7, 11) is 0. The SMILES string of the molecule is CCCn1cc(Br)cc1C(=O)Nc1cnoc1. The highest BCUT2D eigenvalue weighted by atomic mass is 79.9. The maximum Gasteiger partial charge on any atom is 0.272 e. The van der Waals surface area contributed by atoms with Crippen molar-refractivity contribution in [2.75, 3.05) is 5.32 Å². The number of nitrogens with one attached hydrogen (secondary N) is 1. The van der Waals surface area contributed by atoms with Crippen LogP contribution in [0.5, 0.6) is 0 Å². The molecule has 0 spiro atoms. The van der Waals surface area contributed by atoms with Crippen LogP contribution >= 0.6 is 15.9 Å². The molecular weight excluding hydrogens is 286 g/mol. The zero-order valence-corrected chi connectivity index (χ0v) is 10.9. The molecule has 0 aromatic carbocycles. The lowest BCUT2D eigenvalue weighted by molar-refractivity contribution is 0.101. The predicted molar refractivity (Wildman–Crippen MR) is 66.9 cm³/mol. The number of halogens is 1. The average Bonchev–Trinajstić information content (AvgIpc) is 2.88. The molecule has 0 aliphatic heterocycles. The van der Waals surface area contributed by atoms with Crippen LogP contribution < -0.4 is 5.32 Å². The highest BCUT2D eigenvalue weighted by Gasteiger charge is 2.13. The minimum Gasteiger partial charge on any atom is -0.363 e. The lowest BCUT2D eigenvalue weighted by Gasteiger charge is -2.06. The molecule has 0 aliphatic rings. The summed E-state index contributed by atoms with van der Waals surface area (Å²) in [6.07, 6.45) is 5.71. The molecule has 0 aliphatic carbocycles. The Morgan fingerprint density at radius 3 is 3.12 bits per heavy atom. The number of carbonyl (C=O) groups excluding carboxylic acids is 1. The highest BCUT2D eigenvalue weighted by molar-refractivity contribution is 9.10. The molecule has 0 saturated carbocycles. The Labute approximate surface area is 107 Å². The maximum atomic E-state index is 12.0. The van der Waals surface area contributed by atoms with E-state index in [0.29, 0.717) is 11.4 Å². The number of anilines is 1. The van der Waals surface area contributed by atoms with Crippen molar-refractivity contribution in [1.82, 2.24) is 9.72 Å². The maximum absolute atomic E-state index is 12.0. The van der Waals surface area contributed by atoms with Gasteiger partial charge >= 0.3 is 0 Å². The van der Waals surface area contributed by atoms with Gasteiger partial charge in [-0.15, -0.1) is 0 Å². The van der Waals surface area contributed by atoms with Gasteiger partial charge in [0.2, 0.25) is 0 Å². The third-order valence-corrected chi connectivity index (χ3v) is 2.68. The summed E-state index contributed by atoms with van der Waals surface area (Å²) in [5.41, 5.74) is 1.16. The number of hydrogen-bond donors (Lipinski definition) is 1. The van der Waals surface area contributed by atoms with Crippen LogP contribution in [0.2, 0.25) is 0 Å². The van der Waals surface area contributed by atoms with Crippen molar-refractivity contribution in [1.29, 1.82) is 0 Å². The quantitative estimate of drug-likeness (QED) is 0.944. The van der Waals surface area contributed by atoms with Gasteiger partial charge in [0.1, 0.15) is 17.6 Å². The van der Waals surface area contributed by atoms with E-state index in [2.05, 4.69) is 37.9 Å². The first-order valence-electron chi connectivity index (χ1n) is 5.27. The third-order valence-electron chi connectivity index (χ3n) is 2.25. The number of rotatable bonds is 4. The Morgan fingerprint density at radius 2 is 2.47 bits per heavy atom. The molecule has 0 radical (unpaired) electrons. The van der Waals surface area contributed by atoms with Crippen molar-refractivity contribution in [3.63, 3.8) is 0 Å². The number of aromatic nitrogens is 2. The molecule has 1 amide bonds. The number of amides is 1. The zero-order chi connectivity index (χ0) is 12.3. The Bertz CT molecular complexity index is 505. The molecule has 0 bridgehead atoms. The Balaban J connectivity index is 2.18. The molecule has 2 heterocycles. The summed E-state index contributed by atoms with van der Waals surface area (Å²) in [5.74, 6) is -0.174. The smallest absolute Gasteiger partial charge is 0.272 e. The van der Waals surface area contributed by atoms with E-state index in [-0.39, 0.29) is 5.91 Å². The van der Waals surface area contributed by atoms with Gasteiger partial charge in [-0.1, -0.05) is 12.1 Å². The van der Waals surface area contributed by atoms with E-state index in [9.17, 15) is 4.79 Å². The van der Waals surface area contributed by atoms with Gasteiger partial charge in [0.25, 0.3) is 5.91 Å². The van der Waals surface area contributed by atoms with Crippen LogP contribution in [-0.4, -0.2) is 15.6 Å². The van der Waals surface area contributed by atoms with Crippen LogP contribution in [0.3, 0.4) is 0 Å². The first kappa shape index (κ1) is 11.9. The monoisotopic (exact) mass is 297 g/mol. The van der Waals surface area contributed by atoms with Crippen molar-refractivity contribution in [3.05, 3.63) is 34.9 Å². The van der Waals surface area contributed by atoms with Crippen LogP contribution in [0.25, 0.3) is 0 Å². The molecule has 6 heteroatoms. The molecule has 90 valence electrons. The van der Waals surface area contributed by atoms with Crippen LogP contribution in [0.1, 0.15) is 23.8 Å². The molecule has 17 heavy (non-hydrogen) atoms. The van der Waals surface area contributed by atoms with E-state index in [4.69, 9.17) is 0 Å². The summed E-state index contributed by atoms with van der Waals surface area (Å²) in [4.78, 5) is 12.0. The largest absolute Gasteiger partial charge is 0.363 e. The summed E-state index contributed by atoms with van der Waals surface area (Å²) < 4.78 is 7.45. The van der Waals surface area contributed by atoms with E-state index in [0.717, 1.165) is 17.4 Å². The summed E-state index contributed by atoms with van der Waals surface area (Å²) >= 11 is 3.37. The first-order valence-corrected chi connectivity index (χ1v) is 6.06. The standard InChI is InChI=1S/C11H12BrN3O2/c1-2-3-15-6-8(12)4-10(15)11(16)14-9-5-13-17-7-9/h4-7H,2-3H2,1H3,(H,14,16). The molecule has 0 atom stereocenters. The normalized spacial score (nSPS) is 10.5. The van der Waals surface area contributed by atoms with Crippen molar-refractivity contribution in [3.8, 4) is 0 Å². The molecule has 0 unspecified atom stereocenters. The lowest BCUT2D eigenvalue weighted by atomic mass is 10.3. The van der Waals surface area contributed by atoms with Crippen molar-refractivity contribution < 1.29 is 9.32 Å². The summed E-state index contributed by atoms with van der Waals surface area (Å²) in [5, 5.41) is 6.24. The Hall–Kier alpha value is -1.56. The van der Waals surface area contributed by atoms with E-state index < -0.39 is 0 Å². The summed E-state index contributed by atoms with van der Waals surface area (Å²) in [6, 6.07) is 1.79. The van der Waals surface area contributed by atoms with Gasteiger partial charge in [0.05, 0.1) is 6.20 Å². The van der Waals surface area contributed by atoms with Gasteiger partial charge in [-0.25, -0.2) is 0 Å². The molecule has 0 fully saturated rings. The molecule has 2 aromatic heterocycles. The second-order valence-corrected chi connectivity index (χ2v) is 4.52. The van der Waals surface area contributed by atoms with Gasteiger partial charge in [-0.3, -0.25) is 4.79 Å². The first-order chi connectivity index (χ1) is 8.20. The molecule has 5 nitrogen and oxygen atoms in total. The summed E-state index contributed by atoms with van der Waals surface area (Å²) in [6.45, 7) is 2.87. The van der Waals surface area contributed by atoms with Gasteiger partial charge in [-0.05, 0) is 28.4 Å². The van der Waals surface area contributed by atoms with E-state index in [1.165, 1.54) is 12.5 Å². The van der Waals surface area contributed by atoms with Gasteiger partial charge in [0.15, 0.2) is 0 Å². The Morgan fingerprint density at radius 1 is 1.65 bits per heavy atom. The van der Waals surface area contributed by atoms with Crippen LogP contribution in [0.15, 0.2) is 33.7 Å². The molecule has 2 aromatic rings. The van der Waals surface area contributed by atoms with E-state index in [1.54, 1.807) is 6.07 Å². The highest BCUT2D eigenvalue weighted by Crippen LogP contribution is 2.17. The minimum atomic E-state index is -0.174. The van der Waals surface area contributed by atoms with Crippen LogP contribution in [0.4, 0.5) is 5.69 Å². The predicted octanol–water partition coefficient (Wildman–Crippen LogP) is 2.90. The second kappa shape index (κ2) is 5.18. The van der Waals surface area contributed by atoms with Gasteiger partial charge in [0, 0.05) is 17.2 Å². The van der Waals surface area contributed by atoms with Gasteiger partial charge in [-0.2, -0.15) is 0 Å². The fourth-order valence-corrected chi connectivity index (χ4v) is 2.02. The number of nitrogens with zero attached hydrogens (tertiary/aromatic N) is 2. The van der Waals surface area contributed by atoms with Crippen molar-refractivity contribution >= 4 is 27.5 Å². The van der Waals surface area contributed by atoms with E-state index >= 15 is 0 Å². The molecular formula is C11H12BrN3O2. The molecule has 2 rings (SSSR count). The Kier molecular flexibility index (Phi) is 3.63. The number of carbonyl (C=O) groups is 1. The van der Waals surface area contributed by atoms with Crippen molar-refractivity contribution in [2.24, 2.45) is 0 Å². The fraction of sp³-hybridized carbons (Fsp3) is 0.273. The number of aryl methyl sites for hydroxylation is 1. The van der Waals surface area contributed by atoms with Gasteiger partial charge < -0.3 is 14.4 Å². The second-order valence-electron chi connectivity index (χ2n) is 3.60. The zero-order valence-electron chi connectivity index (χ0n) is 9.31. The topological polar surface area (TPSA) is 60.1 Å².